The molecule has 2 fully saturated rings. The highest BCUT2D eigenvalue weighted by Crippen LogP contribution is 2.43. The number of piperidine rings is 1. The molecule has 2 atom stereocenters. The first-order chi connectivity index (χ1) is 18.7. The molecule has 2 saturated heterocycles. The summed E-state index contributed by atoms with van der Waals surface area (Å²) in [5.41, 5.74) is 3.94. The van der Waals surface area contributed by atoms with E-state index in [0.29, 0.717) is 6.07 Å². The maximum Gasteiger partial charge on any atom is 0.416 e. The molecule has 11 heteroatoms. The molecule has 0 aliphatic carbocycles. The van der Waals surface area contributed by atoms with E-state index >= 15 is 0 Å². The number of amides is 5. The van der Waals surface area contributed by atoms with E-state index in [1.807, 2.05) is 37.3 Å². The van der Waals surface area contributed by atoms with Gasteiger partial charge in [0.25, 0.3) is 5.91 Å². The molecule has 4 rings (SSSR count). The van der Waals surface area contributed by atoms with Gasteiger partial charge in [-0.25, -0.2) is 4.79 Å². The summed E-state index contributed by atoms with van der Waals surface area (Å²) in [4.78, 5) is 56.9. The fraction of sp³-hybridized carbons (Fsp3) is 0.448. The lowest BCUT2D eigenvalue weighted by atomic mass is 9.81. The van der Waals surface area contributed by atoms with Crippen molar-refractivity contribution in [2.24, 2.45) is 11.7 Å². The first-order valence-electron chi connectivity index (χ1n) is 13.2. The van der Waals surface area contributed by atoms with Crippen LogP contribution in [0.2, 0.25) is 0 Å². The topological polar surface area (TPSA) is 104 Å². The highest BCUT2D eigenvalue weighted by atomic mass is 19.4. The lowest BCUT2D eigenvalue weighted by Gasteiger charge is -2.45. The van der Waals surface area contributed by atoms with Gasteiger partial charge in [-0.15, -0.1) is 0 Å². The van der Waals surface area contributed by atoms with Gasteiger partial charge < -0.3 is 15.5 Å². The molecule has 0 aromatic heterocycles. The Bertz CT molecular complexity index is 1320. The summed E-state index contributed by atoms with van der Waals surface area (Å²) in [5, 5.41) is 0. The van der Waals surface area contributed by atoms with Crippen molar-refractivity contribution in [2.45, 2.75) is 57.3 Å². The number of halogens is 3. The lowest BCUT2D eigenvalue weighted by Crippen LogP contribution is -2.58. The van der Waals surface area contributed by atoms with Crippen molar-refractivity contribution in [1.82, 2.24) is 14.7 Å². The van der Waals surface area contributed by atoms with Crippen molar-refractivity contribution in [3.05, 3.63) is 70.8 Å². The van der Waals surface area contributed by atoms with E-state index in [9.17, 15) is 32.3 Å². The number of alkyl halides is 3. The van der Waals surface area contributed by atoms with Gasteiger partial charge in [-0.05, 0) is 48.9 Å². The summed E-state index contributed by atoms with van der Waals surface area (Å²) >= 11 is 0. The predicted octanol–water partition coefficient (Wildman–Crippen LogP) is 4.56. The normalized spacial score (nSPS) is 18.9. The molecule has 0 unspecified atom stereocenters. The van der Waals surface area contributed by atoms with Crippen LogP contribution < -0.4 is 5.73 Å². The monoisotopic (exact) mass is 558 g/mol. The number of nitrogens with zero attached hydrogens (tertiary/aromatic N) is 3. The number of nitrogens with two attached hydrogens (primary N) is 1. The van der Waals surface area contributed by atoms with E-state index in [2.05, 4.69) is 0 Å². The Morgan fingerprint density at radius 1 is 0.975 bits per heavy atom. The van der Waals surface area contributed by atoms with Gasteiger partial charge in [0.1, 0.15) is 5.54 Å². The molecule has 40 heavy (non-hydrogen) atoms. The van der Waals surface area contributed by atoms with Crippen LogP contribution in [0, 0.1) is 5.92 Å². The van der Waals surface area contributed by atoms with Crippen molar-refractivity contribution in [3.63, 3.8) is 0 Å². The SMILES string of the molecule is CC(C)[C@@H](C(=O)N1CCC2(CC1)C(=O)N(C)C(=O)N2[C@@H](C)c1ccccc1)c1ccc(C(F)(F)F)cc1C(N)=O. The number of rotatable bonds is 6. The van der Waals surface area contributed by atoms with E-state index in [1.165, 1.54) is 7.05 Å². The number of benzene rings is 2. The van der Waals surface area contributed by atoms with Gasteiger partial charge in [-0.2, -0.15) is 13.2 Å². The molecule has 2 aromatic carbocycles. The van der Waals surface area contributed by atoms with Crippen molar-refractivity contribution >= 4 is 23.8 Å². The van der Waals surface area contributed by atoms with Crippen molar-refractivity contribution < 1.29 is 32.3 Å². The largest absolute Gasteiger partial charge is 0.416 e. The van der Waals surface area contributed by atoms with Gasteiger partial charge in [0.05, 0.1) is 17.5 Å². The zero-order chi connectivity index (χ0) is 29.6. The third-order valence-corrected chi connectivity index (χ3v) is 8.14. The van der Waals surface area contributed by atoms with E-state index in [1.54, 1.807) is 23.6 Å². The number of likely N-dealkylation sites (N-methyl/N-ethyl adjacent to an activating group) is 1. The molecule has 5 amide bonds. The molecular formula is C29H33F3N4O4. The molecular weight excluding hydrogens is 525 g/mol. The van der Waals surface area contributed by atoms with E-state index < -0.39 is 41.2 Å². The molecule has 2 heterocycles. The van der Waals surface area contributed by atoms with Gasteiger partial charge in [0, 0.05) is 25.7 Å². The van der Waals surface area contributed by atoms with Crippen LogP contribution >= 0.6 is 0 Å². The fourth-order valence-corrected chi connectivity index (χ4v) is 6.01. The molecule has 0 bridgehead atoms. The summed E-state index contributed by atoms with van der Waals surface area (Å²) < 4.78 is 39.9. The average molecular weight is 559 g/mol. The van der Waals surface area contributed by atoms with E-state index in [-0.39, 0.29) is 54.8 Å². The molecule has 2 aliphatic rings. The molecule has 8 nitrogen and oxygen atoms in total. The first-order valence-corrected chi connectivity index (χ1v) is 13.2. The zero-order valence-electron chi connectivity index (χ0n) is 22.9. The van der Waals surface area contributed by atoms with Crippen LogP contribution in [0.3, 0.4) is 0 Å². The van der Waals surface area contributed by atoms with E-state index in [0.717, 1.165) is 22.6 Å². The minimum absolute atomic E-state index is 0.131. The number of urea groups is 1. The van der Waals surface area contributed by atoms with Crippen LogP contribution in [0.4, 0.5) is 18.0 Å². The zero-order valence-corrected chi connectivity index (χ0v) is 22.9. The Hall–Kier alpha value is -3.89. The first kappa shape index (κ1) is 29.1. The number of primary amides is 1. The number of imide groups is 1. The number of likely N-dealkylation sites (tertiary alicyclic amines) is 1. The summed E-state index contributed by atoms with van der Waals surface area (Å²) in [6, 6.07) is 11.2. The Balaban J connectivity index is 1.62. The van der Waals surface area contributed by atoms with E-state index in [4.69, 9.17) is 5.73 Å². The van der Waals surface area contributed by atoms with Gasteiger partial charge in [0.15, 0.2) is 0 Å². The number of carbonyl (C=O) groups is 4. The summed E-state index contributed by atoms with van der Waals surface area (Å²) in [7, 11) is 1.45. The quantitative estimate of drug-likeness (QED) is 0.525. The Morgan fingerprint density at radius 2 is 1.57 bits per heavy atom. The minimum Gasteiger partial charge on any atom is -0.366 e. The average Bonchev–Trinajstić information content (AvgIpc) is 3.08. The smallest absolute Gasteiger partial charge is 0.366 e. The number of hydrogen-bond acceptors (Lipinski definition) is 4. The van der Waals surface area contributed by atoms with Crippen LogP contribution in [-0.2, 0) is 15.8 Å². The summed E-state index contributed by atoms with van der Waals surface area (Å²) in [6.45, 7) is 5.66. The lowest BCUT2D eigenvalue weighted by molar-refractivity contribution is -0.142. The maximum atomic E-state index is 13.8. The third-order valence-electron chi connectivity index (χ3n) is 8.14. The second-order valence-corrected chi connectivity index (χ2v) is 10.8. The molecule has 1 spiro atoms. The third kappa shape index (κ3) is 4.93. The Kier molecular flexibility index (Phi) is 7.70. The number of carbonyl (C=O) groups excluding carboxylic acids is 4. The highest BCUT2D eigenvalue weighted by molar-refractivity contribution is 6.07. The van der Waals surface area contributed by atoms with Gasteiger partial charge >= 0.3 is 12.2 Å². The maximum absolute atomic E-state index is 13.8. The Morgan fingerprint density at radius 3 is 2.10 bits per heavy atom. The molecule has 214 valence electrons. The van der Waals surface area contributed by atoms with Crippen molar-refractivity contribution in [3.8, 4) is 0 Å². The molecule has 0 saturated carbocycles. The number of hydrogen-bond donors (Lipinski definition) is 1. The van der Waals surface area contributed by atoms with Crippen LogP contribution in [0.5, 0.6) is 0 Å². The molecule has 0 radical (unpaired) electrons. The predicted molar refractivity (Wildman–Crippen MR) is 141 cm³/mol. The van der Waals surface area contributed by atoms with Crippen LogP contribution in [-0.4, -0.2) is 64.1 Å². The highest BCUT2D eigenvalue weighted by Gasteiger charge is 2.59. The van der Waals surface area contributed by atoms with Crippen LogP contribution in [0.15, 0.2) is 48.5 Å². The summed E-state index contributed by atoms with van der Waals surface area (Å²) in [6.07, 6.45) is -4.28. The molecule has 2 N–H and O–H groups in total. The van der Waals surface area contributed by atoms with Gasteiger partial charge in [0.2, 0.25) is 11.8 Å². The second-order valence-electron chi connectivity index (χ2n) is 10.8. The van der Waals surface area contributed by atoms with Crippen LogP contribution in [0.25, 0.3) is 0 Å². The Labute approximate surface area is 230 Å². The van der Waals surface area contributed by atoms with Crippen LogP contribution in [0.1, 0.15) is 72.6 Å². The standard InChI is InChI=1S/C29H33F3N4O4/c1-17(2)23(21-11-10-20(29(30,31)32)16-22(21)24(33)37)25(38)35-14-12-28(13-15-35)26(39)34(4)27(40)36(28)18(3)19-8-6-5-7-9-19/h5-11,16-18,23H,12-15H2,1-4H3,(H2,33,37)/t18-,23+/m0/s1. The summed E-state index contributed by atoms with van der Waals surface area (Å²) in [5.74, 6) is -3.05. The van der Waals surface area contributed by atoms with Crippen molar-refractivity contribution in [1.29, 1.82) is 0 Å². The molecule has 2 aliphatic heterocycles. The minimum atomic E-state index is -4.68. The van der Waals surface area contributed by atoms with Gasteiger partial charge in [-0.3, -0.25) is 19.3 Å². The second kappa shape index (κ2) is 10.6. The fourth-order valence-electron chi connectivity index (χ4n) is 6.01. The van der Waals surface area contributed by atoms with Gasteiger partial charge in [-0.1, -0.05) is 50.2 Å². The van der Waals surface area contributed by atoms with Crippen molar-refractivity contribution in [2.75, 3.05) is 20.1 Å². The molecule has 2 aromatic rings.